The molecule has 9 aromatic rings. The largest absolute Gasteiger partial charge is 0.309 e. The van der Waals surface area contributed by atoms with Crippen LogP contribution >= 0.6 is 0 Å². The van der Waals surface area contributed by atoms with Crippen molar-refractivity contribution in [2.45, 2.75) is 19.3 Å². The summed E-state index contributed by atoms with van der Waals surface area (Å²) in [5, 5.41) is 5.15. The number of aromatic nitrogens is 2. The van der Waals surface area contributed by atoms with E-state index in [1.807, 2.05) is 0 Å². The van der Waals surface area contributed by atoms with Gasteiger partial charge in [-0.25, -0.2) is 0 Å². The van der Waals surface area contributed by atoms with Gasteiger partial charge in [-0.2, -0.15) is 0 Å². The van der Waals surface area contributed by atoms with E-state index in [4.69, 9.17) is 0 Å². The summed E-state index contributed by atoms with van der Waals surface area (Å²) < 4.78 is 4.92. The lowest BCUT2D eigenvalue weighted by Crippen LogP contribution is -2.19. The average Bonchev–Trinajstić information content (AvgIpc) is 3.73. The van der Waals surface area contributed by atoms with E-state index < -0.39 is 0 Å². The third-order valence-corrected chi connectivity index (χ3v) is 11.0. The Balaban J connectivity index is 1.24. The molecule has 1 aliphatic carbocycles. The molecular formula is C45H31N3. The Morgan fingerprint density at radius 2 is 1.06 bits per heavy atom. The Hall–Kier alpha value is -6.06. The molecule has 0 saturated heterocycles. The van der Waals surface area contributed by atoms with Gasteiger partial charge in [-0.05, 0) is 82.9 Å². The standard InChI is InChI=1S/C45H31N3/c1-45(2)34-18-8-6-15-30(34)31-24-23-29(27-35(31)45)47-37-20-10-11-21-38(37)48-40-26-25-39-42(43(40)33-17-12-22-41(47)44(33)48)32-16-7-9-19-36(32)46(39)28-13-4-3-5-14-28/h3-27H,1-2H3. The fourth-order valence-corrected chi connectivity index (χ4v) is 8.96. The molecule has 0 unspecified atom stereocenters. The highest BCUT2D eigenvalue weighted by Crippen LogP contribution is 2.54. The molecular weight excluding hydrogens is 583 g/mol. The van der Waals surface area contributed by atoms with Crippen LogP contribution in [-0.4, -0.2) is 9.13 Å². The maximum atomic E-state index is 2.51. The zero-order valence-electron chi connectivity index (χ0n) is 26.8. The lowest BCUT2D eigenvalue weighted by atomic mass is 9.82. The molecule has 3 heterocycles. The molecule has 0 radical (unpaired) electrons. The van der Waals surface area contributed by atoms with Gasteiger partial charge in [0.2, 0.25) is 0 Å². The van der Waals surface area contributed by atoms with E-state index >= 15 is 0 Å². The van der Waals surface area contributed by atoms with Gasteiger partial charge >= 0.3 is 0 Å². The van der Waals surface area contributed by atoms with E-state index in [0.29, 0.717) is 0 Å². The molecule has 0 bridgehead atoms. The maximum Gasteiger partial charge on any atom is 0.0783 e. The van der Waals surface area contributed by atoms with Crippen LogP contribution in [0.3, 0.4) is 0 Å². The van der Waals surface area contributed by atoms with Gasteiger partial charge in [-0.3, -0.25) is 0 Å². The Bertz CT molecular complexity index is 2810. The molecule has 226 valence electrons. The normalized spacial score (nSPS) is 14.2. The van der Waals surface area contributed by atoms with Crippen molar-refractivity contribution in [3.63, 3.8) is 0 Å². The van der Waals surface area contributed by atoms with Gasteiger partial charge in [-0.1, -0.05) is 105 Å². The van der Waals surface area contributed by atoms with Crippen LogP contribution < -0.4 is 4.90 Å². The van der Waals surface area contributed by atoms with Crippen molar-refractivity contribution in [2.75, 3.05) is 4.90 Å². The van der Waals surface area contributed by atoms with E-state index in [1.54, 1.807) is 0 Å². The Labute approximate surface area is 278 Å². The molecule has 0 N–H and O–H groups in total. The molecule has 2 aromatic heterocycles. The number of para-hydroxylation sites is 5. The molecule has 7 aromatic carbocycles. The zero-order chi connectivity index (χ0) is 31.7. The van der Waals surface area contributed by atoms with Crippen LogP contribution in [0, 0.1) is 0 Å². The van der Waals surface area contributed by atoms with E-state index in [9.17, 15) is 0 Å². The number of anilines is 3. The Morgan fingerprint density at radius 3 is 1.94 bits per heavy atom. The molecule has 3 nitrogen and oxygen atoms in total. The fraction of sp³-hybridized carbons (Fsp3) is 0.0667. The van der Waals surface area contributed by atoms with Crippen molar-refractivity contribution in [3.8, 4) is 22.5 Å². The highest BCUT2D eigenvalue weighted by Gasteiger charge is 2.37. The van der Waals surface area contributed by atoms with E-state index in [2.05, 4.69) is 180 Å². The summed E-state index contributed by atoms with van der Waals surface area (Å²) >= 11 is 0. The lowest BCUT2D eigenvalue weighted by Gasteiger charge is -2.34. The van der Waals surface area contributed by atoms with Gasteiger partial charge in [0.05, 0.1) is 39.1 Å². The number of hydrogen-bond acceptors (Lipinski definition) is 1. The summed E-state index contributed by atoms with van der Waals surface area (Å²) in [5.41, 5.74) is 16.3. The predicted octanol–water partition coefficient (Wildman–Crippen LogP) is 12.0. The number of rotatable bonds is 2. The van der Waals surface area contributed by atoms with Crippen molar-refractivity contribution in [1.82, 2.24) is 9.13 Å². The van der Waals surface area contributed by atoms with Crippen LogP contribution in [0.25, 0.3) is 66.1 Å². The first kappa shape index (κ1) is 26.1. The molecule has 11 rings (SSSR count). The van der Waals surface area contributed by atoms with Gasteiger partial charge in [0.25, 0.3) is 0 Å². The SMILES string of the molecule is CC1(C)c2ccccc2-c2ccc(N3c4ccccc4-n4c5ccc6c(c7ccccc7n6-c6ccccc6)c5c5cccc3c54)cc21. The van der Waals surface area contributed by atoms with Gasteiger partial charge in [0.1, 0.15) is 0 Å². The van der Waals surface area contributed by atoms with Crippen LogP contribution in [0.5, 0.6) is 0 Å². The molecule has 0 amide bonds. The second kappa shape index (κ2) is 9.05. The first-order chi connectivity index (χ1) is 23.6. The van der Waals surface area contributed by atoms with Crippen LogP contribution in [0.1, 0.15) is 25.0 Å². The second-order valence-electron chi connectivity index (χ2n) is 13.8. The van der Waals surface area contributed by atoms with Crippen LogP contribution in [-0.2, 0) is 5.41 Å². The molecule has 2 aliphatic rings. The Kier molecular flexibility index (Phi) is 4.91. The highest BCUT2D eigenvalue weighted by molar-refractivity contribution is 6.30. The second-order valence-corrected chi connectivity index (χ2v) is 13.8. The van der Waals surface area contributed by atoms with Crippen LogP contribution in [0.4, 0.5) is 17.1 Å². The monoisotopic (exact) mass is 613 g/mol. The van der Waals surface area contributed by atoms with Crippen LogP contribution in [0.2, 0.25) is 0 Å². The summed E-state index contributed by atoms with van der Waals surface area (Å²) in [7, 11) is 0. The van der Waals surface area contributed by atoms with Crippen molar-refractivity contribution in [1.29, 1.82) is 0 Å². The summed E-state index contributed by atoms with van der Waals surface area (Å²) in [6.07, 6.45) is 0. The van der Waals surface area contributed by atoms with Crippen molar-refractivity contribution in [2.24, 2.45) is 0 Å². The summed E-state index contributed by atoms with van der Waals surface area (Å²) in [6.45, 7) is 4.72. The van der Waals surface area contributed by atoms with Crippen molar-refractivity contribution >= 4 is 60.7 Å². The quantitative estimate of drug-likeness (QED) is 0.189. The smallest absolute Gasteiger partial charge is 0.0783 e. The number of fused-ring (bicyclic) bond motifs is 12. The van der Waals surface area contributed by atoms with Gasteiger partial charge in [-0.15, -0.1) is 0 Å². The molecule has 48 heavy (non-hydrogen) atoms. The topological polar surface area (TPSA) is 13.1 Å². The van der Waals surface area contributed by atoms with E-state index in [-0.39, 0.29) is 5.41 Å². The van der Waals surface area contributed by atoms with Crippen molar-refractivity contribution < 1.29 is 0 Å². The molecule has 0 saturated carbocycles. The van der Waals surface area contributed by atoms with Crippen LogP contribution in [0.15, 0.2) is 152 Å². The molecule has 3 heteroatoms. The van der Waals surface area contributed by atoms with E-state index in [1.165, 1.54) is 94.3 Å². The first-order valence-corrected chi connectivity index (χ1v) is 16.8. The summed E-state index contributed by atoms with van der Waals surface area (Å²) in [5.74, 6) is 0. The minimum absolute atomic E-state index is 0.0727. The maximum absolute atomic E-state index is 2.51. The predicted molar refractivity (Wildman–Crippen MR) is 201 cm³/mol. The molecule has 0 spiro atoms. The number of hydrogen-bond donors (Lipinski definition) is 0. The minimum Gasteiger partial charge on any atom is -0.309 e. The minimum atomic E-state index is -0.0727. The molecule has 1 aliphatic heterocycles. The zero-order valence-corrected chi connectivity index (χ0v) is 26.8. The molecule has 0 atom stereocenters. The third kappa shape index (κ3) is 3.14. The Morgan fingerprint density at radius 1 is 0.417 bits per heavy atom. The summed E-state index contributed by atoms with van der Waals surface area (Å²) in [4.78, 5) is 2.49. The van der Waals surface area contributed by atoms with Crippen molar-refractivity contribution in [3.05, 3.63) is 163 Å². The van der Waals surface area contributed by atoms with E-state index in [0.717, 1.165) is 0 Å². The number of nitrogens with zero attached hydrogens (tertiary/aromatic N) is 3. The highest BCUT2D eigenvalue weighted by atomic mass is 15.2. The first-order valence-electron chi connectivity index (χ1n) is 16.8. The van der Waals surface area contributed by atoms with Gasteiger partial charge in [0.15, 0.2) is 0 Å². The number of benzene rings is 7. The summed E-state index contributed by atoms with van der Waals surface area (Å²) in [6, 6.07) is 56.0. The lowest BCUT2D eigenvalue weighted by molar-refractivity contribution is 0.660. The van der Waals surface area contributed by atoms with Gasteiger partial charge < -0.3 is 14.0 Å². The fourth-order valence-electron chi connectivity index (χ4n) is 8.96. The van der Waals surface area contributed by atoms with Gasteiger partial charge in [0, 0.05) is 38.3 Å². The third-order valence-electron chi connectivity index (χ3n) is 11.0. The average molecular weight is 614 g/mol. The molecule has 0 fully saturated rings.